The van der Waals surface area contributed by atoms with Crippen molar-refractivity contribution in [3.63, 3.8) is 0 Å². The van der Waals surface area contributed by atoms with Crippen LogP contribution in [0.4, 0.5) is 0 Å². The predicted octanol–water partition coefficient (Wildman–Crippen LogP) is 4.27. The lowest BCUT2D eigenvalue weighted by molar-refractivity contribution is 1.39. The zero-order valence-electron chi connectivity index (χ0n) is 10.9. The van der Waals surface area contributed by atoms with Gasteiger partial charge >= 0.3 is 0 Å². The van der Waals surface area contributed by atoms with E-state index in [4.69, 9.17) is 0 Å². The van der Waals surface area contributed by atoms with E-state index in [9.17, 15) is 0 Å². The normalized spacial score (nSPS) is 11.3. The molecule has 0 aliphatic rings. The molecule has 0 spiro atoms. The molecule has 0 aliphatic heterocycles. The van der Waals surface area contributed by atoms with Crippen LogP contribution < -0.4 is 0 Å². The van der Waals surface area contributed by atoms with Gasteiger partial charge in [0.05, 0.1) is 5.71 Å². The summed E-state index contributed by atoms with van der Waals surface area (Å²) in [6.07, 6.45) is 1.80. The van der Waals surface area contributed by atoms with Gasteiger partial charge in [-0.05, 0) is 29.7 Å². The molecule has 0 unspecified atom stereocenters. The maximum absolute atomic E-state index is 4.24. The van der Waals surface area contributed by atoms with E-state index in [2.05, 4.69) is 61.0 Å². The van der Waals surface area contributed by atoms with Crippen molar-refractivity contribution in [1.82, 2.24) is 0 Å². The number of allylic oxidation sites excluding steroid dienone is 1. The molecule has 0 fully saturated rings. The molecular weight excluding hydrogens is 218 g/mol. The summed E-state index contributed by atoms with van der Waals surface area (Å²) >= 11 is 0. The van der Waals surface area contributed by atoms with Crippen LogP contribution in [0.5, 0.6) is 0 Å². The van der Waals surface area contributed by atoms with Crippen LogP contribution in [0.3, 0.4) is 0 Å². The molecule has 2 aromatic carbocycles. The van der Waals surface area contributed by atoms with E-state index in [1.165, 1.54) is 16.7 Å². The summed E-state index contributed by atoms with van der Waals surface area (Å²) in [6, 6.07) is 16.8. The molecule has 0 aromatic heterocycles. The second-order valence-corrected chi connectivity index (χ2v) is 4.21. The smallest absolute Gasteiger partial charge is 0.0639 e. The SMILES string of the molecule is C=CC(=NC)c1ccc(-c2ccccc2)cc1C. The highest BCUT2D eigenvalue weighted by Gasteiger charge is 2.05. The van der Waals surface area contributed by atoms with Gasteiger partial charge in [0.15, 0.2) is 0 Å². The van der Waals surface area contributed by atoms with Gasteiger partial charge in [-0.3, -0.25) is 4.99 Å². The summed E-state index contributed by atoms with van der Waals surface area (Å²) in [7, 11) is 1.79. The van der Waals surface area contributed by atoms with E-state index < -0.39 is 0 Å². The van der Waals surface area contributed by atoms with E-state index in [-0.39, 0.29) is 0 Å². The second kappa shape index (κ2) is 5.46. The Morgan fingerprint density at radius 1 is 1.06 bits per heavy atom. The van der Waals surface area contributed by atoms with Crippen LogP contribution in [0, 0.1) is 6.92 Å². The molecule has 0 heterocycles. The third-order valence-electron chi connectivity index (χ3n) is 3.04. The van der Waals surface area contributed by atoms with Gasteiger partial charge < -0.3 is 0 Å². The third-order valence-corrected chi connectivity index (χ3v) is 3.04. The molecule has 2 rings (SSSR count). The molecule has 0 amide bonds. The number of nitrogens with zero attached hydrogens (tertiary/aromatic N) is 1. The summed E-state index contributed by atoms with van der Waals surface area (Å²) in [5.74, 6) is 0. The Hall–Kier alpha value is -2.15. The molecule has 0 N–H and O–H groups in total. The van der Waals surface area contributed by atoms with Gasteiger partial charge in [-0.2, -0.15) is 0 Å². The largest absolute Gasteiger partial charge is 0.288 e. The maximum atomic E-state index is 4.24. The maximum Gasteiger partial charge on any atom is 0.0639 e. The molecule has 18 heavy (non-hydrogen) atoms. The van der Waals surface area contributed by atoms with Gasteiger partial charge in [0, 0.05) is 12.6 Å². The molecule has 0 bridgehead atoms. The lowest BCUT2D eigenvalue weighted by atomic mass is 9.97. The van der Waals surface area contributed by atoms with Crippen molar-refractivity contribution in [3.8, 4) is 11.1 Å². The van der Waals surface area contributed by atoms with Crippen LogP contribution in [-0.2, 0) is 0 Å². The fourth-order valence-electron chi connectivity index (χ4n) is 2.08. The second-order valence-electron chi connectivity index (χ2n) is 4.21. The standard InChI is InChI=1S/C17H17N/c1-4-17(18-3)16-11-10-15(12-13(16)2)14-8-6-5-7-9-14/h4-12H,1H2,2-3H3. The Morgan fingerprint density at radius 3 is 2.33 bits per heavy atom. The number of hydrogen-bond donors (Lipinski definition) is 0. The molecule has 0 atom stereocenters. The highest BCUT2D eigenvalue weighted by atomic mass is 14.7. The van der Waals surface area contributed by atoms with Crippen molar-refractivity contribution in [1.29, 1.82) is 0 Å². The Kier molecular flexibility index (Phi) is 3.73. The Labute approximate surface area is 109 Å². The third kappa shape index (κ3) is 2.40. The summed E-state index contributed by atoms with van der Waals surface area (Å²) in [4.78, 5) is 4.24. The van der Waals surface area contributed by atoms with Crippen molar-refractivity contribution in [2.24, 2.45) is 4.99 Å². The minimum Gasteiger partial charge on any atom is -0.288 e. The van der Waals surface area contributed by atoms with E-state index in [0.717, 1.165) is 11.3 Å². The van der Waals surface area contributed by atoms with Gasteiger partial charge in [0.25, 0.3) is 0 Å². The topological polar surface area (TPSA) is 12.4 Å². The average molecular weight is 235 g/mol. The van der Waals surface area contributed by atoms with E-state index >= 15 is 0 Å². The molecule has 0 saturated heterocycles. The Bertz CT molecular complexity index is 580. The van der Waals surface area contributed by atoms with Crippen molar-refractivity contribution < 1.29 is 0 Å². The predicted molar refractivity (Wildman–Crippen MR) is 79.3 cm³/mol. The molecular formula is C17H17N. The zero-order valence-corrected chi connectivity index (χ0v) is 10.9. The number of aryl methyl sites for hydroxylation is 1. The first-order chi connectivity index (χ1) is 8.76. The molecule has 1 heteroatoms. The first-order valence-electron chi connectivity index (χ1n) is 6.02. The fraction of sp³-hybridized carbons (Fsp3) is 0.118. The van der Waals surface area contributed by atoms with Gasteiger partial charge in [-0.1, -0.05) is 55.1 Å². The average Bonchev–Trinajstić information content (AvgIpc) is 2.43. The summed E-state index contributed by atoms with van der Waals surface area (Å²) in [6.45, 7) is 5.91. The van der Waals surface area contributed by atoms with Crippen molar-refractivity contribution in [3.05, 3.63) is 72.3 Å². The van der Waals surface area contributed by atoms with E-state index in [0.29, 0.717) is 0 Å². The van der Waals surface area contributed by atoms with Gasteiger partial charge in [0.2, 0.25) is 0 Å². The molecule has 90 valence electrons. The lowest BCUT2D eigenvalue weighted by Crippen LogP contribution is -1.99. The fourth-order valence-corrected chi connectivity index (χ4v) is 2.08. The number of benzene rings is 2. The molecule has 2 aromatic rings. The molecule has 0 aliphatic carbocycles. The van der Waals surface area contributed by atoms with Crippen molar-refractivity contribution in [2.75, 3.05) is 7.05 Å². The minimum absolute atomic E-state index is 0.937. The van der Waals surface area contributed by atoms with Crippen LogP contribution in [0.15, 0.2) is 66.2 Å². The zero-order chi connectivity index (χ0) is 13.0. The highest BCUT2D eigenvalue weighted by molar-refractivity contribution is 6.09. The van der Waals surface area contributed by atoms with Crippen molar-refractivity contribution in [2.45, 2.75) is 6.92 Å². The van der Waals surface area contributed by atoms with Crippen LogP contribution in [0.25, 0.3) is 11.1 Å². The van der Waals surface area contributed by atoms with Crippen LogP contribution in [0.2, 0.25) is 0 Å². The Balaban J connectivity index is 2.46. The Morgan fingerprint density at radius 2 is 1.78 bits per heavy atom. The molecule has 0 saturated carbocycles. The number of hydrogen-bond acceptors (Lipinski definition) is 1. The van der Waals surface area contributed by atoms with E-state index in [1.807, 2.05) is 6.07 Å². The van der Waals surface area contributed by atoms with Gasteiger partial charge in [-0.15, -0.1) is 0 Å². The summed E-state index contributed by atoms with van der Waals surface area (Å²) in [5.41, 5.74) is 5.77. The van der Waals surface area contributed by atoms with Gasteiger partial charge in [0.1, 0.15) is 0 Å². The lowest BCUT2D eigenvalue weighted by Gasteiger charge is -2.08. The van der Waals surface area contributed by atoms with Crippen LogP contribution in [0.1, 0.15) is 11.1 Å². The minimum atomic E-state index is 0.937. The van der Waals surface area contributed by atoms with Gasteiger partial charge in [-0.25, -0.2) is 0 Å². The highest BCUT2D eigenvalue weighted by Crippen LogP contribution is 2.22. The number of rotatable bonds is 3. The monoisotopic (exact) mass is 235 g/mol. The van der Waals surface area contributed by atoms with Crippen molar-refractivity contribution >= 4 is 5.71 Å². The quantitative estimate of drug-likeness (QED) is 0.705. The summed E-state index contributed by atoms with van der Waals surface area (Å²) in [5, 5.41) is 0. The van der Waals surface area contributed by atoms with Crippen LogP contribution >= 0.6 is 0 Å². The first kappa shape index (κ1) is 12.3. The summed E-state index contributed by atoms with van der Waals surface area (Å²) < 4.78 is 0. The molecule has 0 radical (unpaired) electrons. The number of aliphatic imine (C=N–C) groups is 1. The first-order valence-corrected chi connectivity index (χ1v) is 6.02. The van der Waals surface area contributed by atoms with Crippen LogP contribution in [-0.4, -0.2) is 12.8 Å². The molecule has 1 nitrogen and oxygen atoms in total. The van der Waals surface area contributed by atoms with E-state index in [1.54, 1.807) is 13.1 Å².